The molecule has 1 aromatic heterocycles. The Morgan fingerprint density at radius 3 is 2.80 bits per heavy atom. The van der Waals surface area contributed by atoms with Crippen LogP contribution >= 0.6 is 11.6 Å². The number of nitrogens with one attached hydrogen (secondary N) is 1. The molecule has 0 saturated heterocycles. The summed E-state index contributed by atoms with van der Waals surface area (Å²) in [5.41, 5.74) is 6.89. The Morgan fingerprint density at radius 1 is 1.35 bits per heavy atom. The van der Waals surface area contributed by atoms with Crippen molar-refractivity contribution in [3.63, 3.8) is 0 Å². The highest BCUT2D eigenvalue weighted by Gasteiger charge is 2.07. The SMILES string of the molecule is COc1ccc(C(=N)N)cc1COc1cncc(Cl)c1. The van der Waals surface area contributed by atoms with E-state index in [0.29, 0.717) is 22.1 Å². The van der Waals surface area contributed by atoms with E-state index in [9.17, 15) is 0 Å². The zero-order chi connectivity index (χ0) is 14.5. The second-order valence-corrected chi connectivity index (χ2v) is 4.50. The fraction of sp³-hybridized carbons (Fsp3) is 0.143. The van der Waals surface area contributed by atoms with Gasteiger partial charge in [0.05, 0.1) is 18.3 Å². The zero-order valence-corrected chi connectivity index (χ0v) is 11.6. The third-order valence-corrected chi connectivity index (χ3v) is 2.87. The predicted molar refractivity (Wildman–Crippen MR) is 77.6 cm³/mol. The average Bonchev–Trinajstić information content (AvgIpc) is 2.44. The molecule has 5 nitrogen and oxygen atoms in total. The molecule has 0 saturated carbocycles. The number of ether oxygens (including phenoxy) is 2. The number of hydrogen-bond acceptors (Lipinski definition) is 4. The van der Waals surface area contributed by atoms with Gasteiger partial charge in [0, 0.05) is 23.4 Å². The summed E-state index contributed by atoms with van der Waals surface area (Å²) >= 11 is 5.84. The number of hydrogen-bond donors (Lipinski definition) is 2. The summed E-state index contributed by atoms with van der Waals surface area (Å²) in [5.74, 6) is 1.23. The standard InChI is InChI=1S/C14H14ClN3O2/c1-19-13-3-2-9(14(16)17)4-10(13)8-20-12-5-11(15)6-18-7-12/h2-7H,8H2,1H3,(H3,16,17). The second kappa shape index (κ2) is 6.25. The molecule has 6 heteroatoms. The molecule has 2 aromatic rings. The Bertz CT molecular complexity index is 632. The first kappa shape index (κ1) is 14.1. The van der Waals surface area contributed by atoms with Crippen LogP contribution in [0.25, 0.3) is 0 Å². The van der Waals surface area contributed by atoms with E-state index in [2.05, 4.69) is 4.98 Å². The van der Waals surface area contributed by atoms with Gasteiger partial charge < -0.3 is 15.2 Å². The van der Waals surface area contributed by atoms with Gasteiger partial charge in [0.15, 0.2) is 0 Å². The lowest BCUT2D eigenvalue weighted by molar-refractivity contribution is 0.295. The highest BCUT2D eigenvalue weighted by atomic mass is 35.5. The first-order chi connectivity index (χ1) is 9.60. The summed E-state index contributed by atoms with van der Waals surface area (Å²) in [6, 6.07) is 6.92. The molecule has 0 radical (unpaired) electrons. The van der Waals surface area contributed by atoms with Crippen molar-refractivity contribution >= 4 is 17.4 Å². The molecule has 0 unspecified atom stereocenters. The Morgan fingerprint density at radius 2 is 2.15 bits per heavy atom. The first-order valence-electron chi connectivity index (χ1n) is 5.85. The fourth-order valence-electron chi connectivity index (χ4n) is 1.69. The van der Waals surface area contributed by atoms with Crippen LogP contribution < -0.4 is 15.2 Å². The maximum absolute atomic E-state index is 7.45. The van der Waals surface area contributed by atoms with E-state index in [0.717, 1.165) is 5.56 Å². The molecular weight excluding hydrogens is 278 g/mol. The highest BCUT2D eigenvalue weighted by molar-refractivity contribution is 6.30. The van der Waals surface area contributed by atoms with E-state index >= 15 is 0 Å². The maximum Gasteiger partial charge on any atom is 0.139 e. The average molecular weight is 292 g/mol. The zero-order valence-electron chi connectivity index (χ0n) is 10.9. The molecule has 104 valence electrons. The van der Waals surface area contributed by atoms with Crippen LogP contribution in [0.3, 0.4) is 0 Å². The van der Waals surface area contributed by atoms with E-state index in [1.807, 2.05) is 0 Å². The van der Waals surface area contributed by atoms with E-state index in [1.165, 1.54) is 6.20 Å². The minimum atomic E-state index is -0.00155. The van der Waals surface area contributed by atoms with E-state index in [4.69, 9.17) is 32.2 Å². The summed E-state index contributed by atoms with van der Waals surface area (Å²) in [6.45, 7) is 0.270. The molecule has 1 heterocycles. The van der Waals surface area contributed by atoms with Gasteiger partial charge in [-0.3, -0.25) is 10.4 Å². The van der Waals surface area contributed by atoms with Crippen molar-refractivity contribution in [2.45, 2.75) is 6.61 Å². The number of aromatic nitrogens is 1. The molecule has 0 aliphatic carbocycles. The number of pyridine rings is 1. The quantitative estimate of drug-likeness (QED) is 0.655. The number of benzene rings is 1. The fourth-order valence-corrected chi connectivity index (χ4v) is 1.86. The van der Waals surface area contributed by atoms with E-state index < -0.39 is 0 Å². The molecule has 20 heavy (non-hydrogen) atoms. The van der Waals surface area contributed by atoms with Gasteiger partial charge in [0.25, 0.3) is 0 Å². The second-order valence-electron chi connectivity index (χ2n) is 4.07. The molecule has 0 spiro atoms. The van der Waals surface area contributed by atoms with Crippen LogP contribution in [0.4, 0.5) is 0 Å². The van der Waals surface area contributed by atoms with Crippen LogP contribution in [0, 0.1) is 5.41 Å². The lowest BCUT2D eigenvalue weighted by atomic mass is 10.1. The number of halogens is 1. The molecule has 0 aliphatic rings. The Balaban J connectivity index is 2.19. The third kappa shape index (κ3) is 3.39. The minimum Gasteiger partial charge on any atom is -0.496 e. The summed E-state index contributed by atoms with van der Waals surface area (Å²) in [5, 5.41) is 7.96. The van der Waals surface area contributed by atoms with Gasteiger partial charge in [0.2, 0.25) is 0 Å². The van der Waals surface area contributed by atoms with Crippen LogP contribution in [0.2, 0.25) is 5.02 Å². The lowest BCUT2D eigenvalue weighted by Gasteiger charge is -2.11. The van der Waals surface area contributed by atoms with Gasteiger partial charge in [0.1, 0.15) is 23.9 Å². The van der Waals surface area contributed by atoms with Gasteiger partial charge in [-0.25, -0.2) is 0 Å². The number of nitrogens with zero attached hydrogens (tertiary/aromatic N) is 1. The first-order valence-corrected chi connectivity index (χ1v) is 6.22. The number of nitrogen functional groups attached to an aromatic ring is 1. The van der Waals surface area contributed by atoms with Crippen LogP contribution in [-0.4, -0.2) is 17.9 Å². The maximum atomic E-state index is 7.45. The molecule has 2 rings (SSSR count). The van der Waals surface area contributed by atoms with Crippen molar-refractivity contribution in [3.05, 3.63) is 52.8 Å². The van der Waals surface area contributed by atoms with Crippen molar-refractivity contribution in [1.82, 2.24) is 4.98 Å². The summed E-state index contributed by atoms with van der Waals surface area (Å²) in [7, 11) is 1.58. The van der Waals surface area contributed by atoms with Crippen LogP contribution in [0.1, 0.15) is 11.1 Å². The predicted octanol–water partition coefficient (Wildman–Crippen LogP) is 2.61. The number of amidine groups is 1. The van der Waals surface area contributed by atoms with Crippen molar-refractivity contribution in [3.8, 4) is 11.5 Å². The summed E-state index contributed by atoms with van der Waals surface area (Å²) in [4.78, 5) is 3.94. The monoisotopic (exact) mass is 291 g/mol. The van der Waals surface area contributed by atoms with E-state index in [1.54, 1.807) is 37.6 Å². The lowest BCUT2D eigenvalue weighted by Crippen LogP contribution is -2.12. The van der Waals surface area contributed by atoms with Crippen LogP contribution in [-0.2, 0) is 6.61 Å². The smallest absolute Gasteiger partial charge is 0.139 e. The van der Waals surface area contributed by atoms with Gasteiger partial charge >= 0.3 is 0 Å². The third-order valence-electron chi connectivity index (χ3n) is 2.67. The van der Waals surface area contributed by atoms with Crippen molar-refractivity contribution in [2.24, 2.45) is 5.73 Å². The number of methoxy groups -OCH3 is 1. The largest absolute Gasteiger partial charge is 0.496 e. The van der Waals surface area contributed by atoms with Gasteiger partial charge in [-0.05, 0) is 18.2 Å². The van der Waals surface area contributed by atoms with Crippen molar-refractivity contribution < 1.29 is 9.47 Å². The summed E-state index contributed by atoms with van der Waals surface area (Å²) in [6.07, 6.45) is 3.11. The van der Waals surface area contributed by atoms with Gasteiger partial charge in [-0.15, -0.1) is 0 Å². The van der Waals surface area contributed by atoms with Crippen molar-refractivity contribution in [1.29, 1.82) is 5.41 Å². The van der Waals surface area contributed by atoms with Gasteiger partial charge in [-0.1, -0.05) is 11.6 Å². The molecule has 0 aliphatic heterocycles. The molecule has 0 amide bonds. The highest BCUT2D eigenvalue weighted by Crippen LogP contribution is 2.23. The number of rotatable bonds is 5. The minimum absolute atomic E-state index is 0.00155. The number of nitrogens with two attached hydrogens (primary N) is 1. The molecule has 1 aromatic carbocycles. The molecule has 0 fully saturated rings. The molecule has 0 bridgehead atoms. The van der Waals surface area contributed by atoms with Gasteiger partial charge in [-0.2, -0.15) is 0 Å². The van der Waals surface area contributed by atoms with Crippen LogP contribution in [0.5, 0.6) is 11.5 Å². The Kier molecular flexibility index (Phi) is 4.42. The molecule has 3 N–H and O–H groups in total. The Labute approximate surface area is 121 Å². The normalized spacial score (nSPS) is 10.1. The summed E-state index contributed by atoms with van der Waals surface area (Å²) < 4.78 is 10.9. The topological polar surface area (TPSA) is 81.2 Å². The van der Waals surface area contributed by atoms with Crippen LogP contribution in [0.15, 0.2) is 36.7 Å². The van der Waals surface area contributed by atoms with Crippen molar-refractivity contribution in [2.75, 3.05) is 7.11 Å². The Hall–Kier alpha value is -2.27. The molecular formula is C14H14ClN3O2. The van der Waals surface area contributed by atoms with E-state index in [-0.39, 0.29) is 12.4 Å². The molecule has 0 atom stereocenters.